The van der Waals surface area contributed by atoms with Gasteiger partial charge in [-0.2, -0.15) is 15.4 Å². The van der Waals surface area contributed by atoms with Crippen LogP contribution in [0.2, 0.25) is 0 Å². The third-order valence-electron chi connectivity index (χ3n) is 6.42. The molecule has 4 heterocycles. The molecule has 5 rings (SSSR count). The van der Waals surface area contributed by atoms with Gasteiger partial charge in [-0.1, -0.05) is 18.2 Å². The van der Waals surface area contributed by atoms with Crippen LogP contribution in [0.15, 0.2) is 54.7 Å². The lowest BCUT2D eigenvalue weighted by molar-refractivity contribution is -0.149. The molecule has 0 unspecified atom stereocenters. The predicted octanol–water partition coefficient (Wildman–Crippen LogP) is 3.29. The van der Waals surface area contributed by atoms with Crippen molar-refractivity contribution in [3.8, 4) is 11.8 Å². The maximum Gasteiger partial charge on any atom is 0.509 e. The molecule has 2 aliphatic heterocycles. The van der Waals surface area contributed by atoms with E-state index in [-0.39, 0.29) is 5.75 Å². The summed E-state index contributed by atoms with van der Waals surface area (Å²) < 4.78 is 49.0. The maximum absolute atomic E-state index is 14.0. The number of nitrogens with zero attached hydrogens (tertiary/aromatic N) is 3. The molecule has 216 valence electrons. The molecule has 0 spiro atoms. The average molecular weight is 586 g/mol. The molecule has 14 nitrogen and oxygen atoms in total. The number of carbonyl (C=O) groups is 2. The standard InChI is InChI=1S/C26H28N5O9P/c1-15(2)36-24(32)16(3)30-41(34,40-17-7-5-4-6-8-17)35-14-26(13-27)23-22(37-25(33)38-23)21(39-26)20-10-9-19-18(28)11-12-29-31(19)20/h4-12,15-16,21-23H,14,28H2,1-3H3,(H,30,34)/t16-,21-,22-,23-,26+,41-/m0/s1. The largest absolute Gasteiger partial charge is 0.509 e. The molecular formula is C26H28N5O9P. The number of nitrogens with one attached hydrogen (secondary N) is 1. The Morgan fingerprint density at radius 3 is 2.68 bits per heavy atom. The van der Waals surface area contributed by atoms with Crippen LogP contribution in [0.4, 0.5) is 10.5 Å². The van der Waals surface area contributed by atoms with Gasteiger partial charge in [0.2, 0.25) is 5.60 Å². The minimum atomic E-state index is -4.38. The average Bonchev–Trinajstić information content (AvgIpc) is 3.61. The van der Waals surface area contributed by atoms with Crippen LogP contribution in [0.25, 0.3) is 5.52 Å². The van der Waals surface area contributed by atoms with E-state index in [1.54, 1.807) is 50.2 Å². The summed E-state index contributed by atoms with van der Waals surface area (Å²) >= 11 is 0. The van der Waals surface area contributed by atoms with E-state index in [0.717, 1.165) is 0 Å². The van der Waals surface area contributed by atoms with Crippen LogP contribution in [0, 0.1) is 11.3 Å². The molecule has 2 fully saturated rings. The Morgan fingerprint density at radius 1 is 1.22 bits per heavy atom. The molecular weight excluding hydrogens is 557 g/mol. The van der Waals surface area contributed by atoms with Crippen molar-refractivity contribution in [3.05, 3.63) is 60.4 Å². The minimum absolute atomic E-state index is 0.167. The first-order valence-electron chi connectivity index (χ1n) is 12.7. The van der Waals surface area contributed by atoms with Gasteiger partial charge >= 0.3 is 19.9 Å². The molecule has 15 heteroatoms. The normalized spacial score (nSPS) is 25.5. The SMILES string of the molecule is CC(C)OC(=O)[C@H](C)N[P@](=O)(OC[C@@]1(C#N)O[C@@H](c2ccc3c(N)ccnn23)[C@@H]2OC(=O)O[C@@H]21)Oc1ccccc1. The molecule has 2 saturated heterocycles. The van der Waals surface area contributed by atoms with Crippen LogP contribution < -0.4 is 15.3 Å². The number of nitrogens with two attached hydrogens (primary N) is 1. The molecule has 2 aromatic heterocycles. The first kappa shape index (κ1) is 28.4. The summed E-state index contributed by atoms with van der Waals surface area (Å²) in [5.74, 6) is -0.529. The summed E-state index contributed by atoms with van der Waals surface area (Å²) in [5.41, 5.74) is 5.53. The number of carbonyl (C=O) groups excluding carboxylic acids is 2. The maximum atomic E-state index is 14.0. The van der Waals surface area contributed by atoms with Gasteiger partial charge in [-0.05, 0) is 51.1 Å². The predicted molar refractivity (Wildman–Crippen MR) is 141 cm³/mol. The van der Waals surface area contributed by atoms with Crippen molar-refractivity contribution >= 4 is 31.1 Å². The number of nitrogen functional groups attached to an aromatic ring is 1. The van der Waals surface area contributed by atoms with Crippen molar-refractivity contribution in [3.63, 3.8) is 0 Å². The Labute approximate surface area is 234 Å². The summed E-state index contributed by atoms with van der Waals surface area (Å²) in [6.07, 6.45) is -3.28. The van der Waals surface area contributed by atoms with E-state index in [9.17, 15) is 19.4 Å². The third kappa shape index (κ3) is 5.57. The smallest absolute Gasteiger partial charge is 0.462 e. The number of hydrogen-bond acceptors (Lipinski definition) is 12. The third-order valence-corrected chi connectivity index (χ3v) is 8.05. The molecule has 3 aromatic rings. The monoisotopic (exact) mass is 585 g/mol. The minimum Gasteiger partial charge on any atom is -0.462 e. The number of para-hydroxylation sites is 1. The van der Waals surface area contributed by atoms with Crippen LogP contribution in [-0.2, 0) is 32.8 Å². The fraction of sp³-hybridized carbons (Fsp3) is 0.385. The highest BCUT2D eigenvalue weighted by molar-refractivity contribution is 7.52. The molecule has 1 aromatic carbocycles. The number of aromatic nitrogens is 2. The Balaban J connectivity index is 1.44. The zero-order valence-electron chi connectivity index (χ0n) is 22.3. The summed E-state index contributed by atoms with van der Waals surface area (Å²) in [6.45, 7) is 4.08. The highest BCUT2D eigenvalue weighted by Crippen LogP contribution is 2.51. The number of nitriles is 1. The van der Waals surface area contributed by atoms with Gasteiger partial charge in [-0.25, -0.2) is 13.9 Å². The topological polar surface area (TPSA) is 186 Å². The zero-order chi connectivity index (χ0) is 29.4. The van der Waals surface area contributed by atoms with Gasteiger partial charge in [0.1, 0.15) is 30.6 Å². The zero-order valence-corrected chi connectivity index (χ0v) is 23.2. The van der Waals surface area contributed by atoms with Gasteiger partial charge in [-0.15, -0.1) is 0 Å². The Hall–Kier alpha value is -4.15. The van der Waals surface area contributed by atoms with E-state index in [1.807, 2.05) is 6.07 Å². The Kier molecular flexibility index (Phi) is 7.63. The molecule has 0 radical (unpaired) electrons. The number of esters is 1. The second-order valence-electron chi connectivity index (χ2n) is 9.76. The van der Waals surface area contributed by atoms with Gasteiger partial charge in [0.05, 0.1) is 23.0 Å². The molecule has 41 heavy (non-hydrogen) atoms. The van der Waals surface area contributed by atoms with E-state index in [4.69, 9.17) is 33.7 Å². The molecule has 3 N–H and O–H groups in total. The van der Waals surface area contributed by atoms with Crippen molar-refractivity contribution < 1.29 is 42.1 Å². The fourth-order valence-electron chi connectivity index (χ4n) is 4.57. The van der Waals surface area contributed by atoms with Crippen molar-refractivity contribution in [2.75, 3.05) is 12.3 Å². The molecule has 0 bridgehead atoms. The van der Waals surface area contributed by atoms with E-state index in [1.165, 1.54) is 29.8 Å². The lowest BCUT2D eigenvalue weighted by atomic mass is 9.96. The molecule has 0 amide bonds. The number of benzene rings is 1. The second-order valence-corrected chi connectivity index (χ2v) is 11.5. The molecule has 2 aliphatic rings. The first-order valence-corrected chi connectivity index (χ1v) is 14.2. The van der Waals surface area contributed by atoms with Gasteiger partial charge in [0.25, 0.3) is 0 Å². The van der Waals surface area contributed by atoms with Gasteiger partial charge in [0.15, 0.2) is 12.2 Å². The first-order chi connectivity index (χ1) is 19.5. The van der Waals surface area contributed by atoms with Crippen molar-refractivity contribution in [2.45, 2.75) is 56.8 Å². The van der Waals surface area contributed by atoms with Gasteiger partial charge in [0, 0.05) is 6.20 Å². The number of ether oxygens (including phenoxy) is 4. The lowest BCUT2D eigenvalue weighted by Gasteiger charge is -2.28. The number of anilines is 1. The summed E-state index contributed by atoms with van der Waals surface area (Å²) in [6, 6.07) is 14.0. The second kappa shape index (κ2) is 11.0. The van der Waals surface area contributed by atoms with Crippen molar-refractivity contribution in [1.82, 2.24) is 14.7 Å². The number of fused-ring (bicyclic) bond motifs is 2. The molecule has 0 aliphatic carbocycles. The fourth-order valence-corrected chi connectivity index (χ4v) is 6.09. The van der Waals surface area contributed by atoms with Crippen molar-refractivity contribution in [1.29, 1.82) is 5.26 Å². The van der Waals surface area contributed by atoms with Crippen LogP contribution in [0.1, 0.15) is 32.6 Å². The lowest BCUT2D eigenvalue weighted by Crippen LogP contribution is -2.46. The van der Waals surface area contributed by atoms with Crippen LogP contribution in [0.5, 0.6) is 5.75 Å². The van der Waals surface area contributed by atoms with Crippen molar-refractivity contribution in [2.24, 2.45) is 0 Å². The van der Waals surface area contributed by atoms with Gasteiger partial charge in [-0.3, -0.25) is 9.32 Å². The highest BCUT2D eigenvalue weighted by atomic mass is 31.2. The summed E-state index contributed by atoms with van der Waals surface area (Å²) in [4.78, 5) is 24.7. The summed E-state index contributed by atoms with van der Waals surface area (Å²) in [5, 5.41) is 17.2. The van der Waals surface area contributed by atoms with E-state index in [2.05, 4.69) is 10.2 Å². The highest BCUT2D eigenvalue weighted by Gasteiger charge is 2.65. The number of rotatable bonds is 10. The Bertz CT molecular complexity index is 1540. The van der Waals surface area contributed by atoms with Gasteiger partial charge < -0.3 is 29.2 Å². The van der Waals surface area contributed by atoms with E-state index < -0.39 is 62.5 Å². The Morgan fingerprint density at radius 2 is 1.98 bits per heavy atom. The van der Waals surface area contributed by atoms with Crippen LogP contribution in [-0.4, -0.2) is 58.3 Å². The van der Waals surface area contributed by atoms with E-state index >= 15 is 0 Å². The summed E-state index contributed by atoms with van der Waals surface area (Å²) in [7, 11) is -4.38. The molecule has 6 atom stereocenters. The quantitative estimate of drug-likeness (QED) is 0.261. The van der Waals surface area contributed by atoms with Crippen LogP contribution in [0.3, 0.4) is 0 Å². The van der Waals surface area contributed by atoms with E-state index in [0.29, 0.717) is 16.9 Å². The van der Waals surface area contributed by atoms with Crippen LogP contribution >= 0.6 is 7.75 Å². The number of hydrogen-bond donors (Lipinski definition) is 2. The molecule has 0 saturated carbocycles.